The molecule has 0 fully saturated rings. The number of thiophene rings is 1. The van der Waals surface area contributed by atoms with Gasteiger partial charge in [0.05, 0.1) is 11.8 Å². The number of thioether (sulfide) groups is 1. The van der Waals surface area contributed by atoms with Crippen molar-refractivity contribution in [2.75, 3.05) is 5.75 Å². The third kappa shape index (κ3) is 5.54. The SMILES string of the molecule is C[C@H](Oc1ccccc1F)c1nnc(SCC(=O)N[C@@H](c2ccccc2)c2cccs2)o1. The van der Waals surface area contributed by atoms with Gasteiger partial charge in [0.25, 0.3) is 11.1 Å². The van der Waals surface area contributed by atoms with E-state index in [1.165, 1.54) is 12.1 Å². The summed E-state index contributed by atoms with van der Waals surface area (Å²) in [7, 11) is 0. The summed E-state index contributed by atoms with van der Waals surface area (Å²) in [4.78, 5) is 13.7. The Bertz CT molecular complexity index is 1150. The van der Waals surface area contributed by atoms with E-state index in [2.05, 4.69) is 15.5 Å². The average molecular weight is 470 g/mol. The number of carbonyl (C=O) groups excluding carboxylic acids is 1. The van der Waals surface area contributed by atoms with Crippen LogP contribution in [0.15, 0.2) is 81.8 Å². The zero-order chi connectivity index (χ0) is 22.3. The zero-order valence-corrected chi connectivity index (χ0v) is 18.7. The van der Waals surface area contributed by atoms with E-state index in [0.29, 0.717) is 0 Å². The minimum atomic E-state index is -0.635. The monoisotopic (exact) mass is 469 g/mol. The van der Waals surface area contributed by atoms with Crippen molar-refractivity contribution in [1.29, 1.82) is 0 Å². The molecule has 6 nitrogen and oxygen atoms in total. The van der Waals surface area contributed by atoms with Gasteiger partial charge in [0.2, 0.25) is 5.91 Å². The molecule has 2 heterocycles. The molecular weight excluding hydrogens is 449 g/mol. The van der Waals surface area contributed by atoms with E-state index in [4.69, 9.17) is 9.15 Å². The average Bonchev–Trinajstić information content (AvgIpc) is 3.51. The molecule has 0 unspecified atom stereocenters. The van der Waals surface area contributed by atoms with Gasteiger partial charge in [-0.1, -0.05) is 60.3 Å². The standard InChI is InChI=1S/C23H20FN3O3S2/c1-15(29-18-11-6-5-10-17(18)24)22-26-27-23(30-22)32-14-20(28)25-21(19-12-7-13-31-19)16-8-3-2-4-9-16/h2-13,15,21H,14H2,1H3,(H,25,28)/t15-,21-/m0/s1. The maximum absolute atomic E-state index is 13.8. The number of benzene rings is 2. The minimum absolute atomic E-state index is 0.104. The maximum atomic E-state index is 13.8. The maximum Gasteiger partial charge on any atom is 0.277 e. The van der Waals surface area contributed by atoms with E-state index >= 15 is 0 Å². The molecule has 0 aliphatic heterocycles. The molecule has 2 atom stereocenters. The van der Waals surface area contributed by atoms with Gasteiger partial charge >= 0.3 is 0 Å². The van der Waals surface area contributed by atoms with E-state index in [1.807, 2.05) is 47.8 Å². The van der Waals surface area contributed by atoms with E-state index < -0.39 is 11.9 Å². The molecule has 0 aliphatic rings. The lowest BCUT2D eigenvalue weighted by atomic mass is 10.1. The van der Waals surface area contributed by atoms with Crippen LogP contribution < -0.4 is 10.1 Å². The van der Waals surface area contributed by atoms with E-state index in [9.17, 15) is 9.18 Å². The van der Waals surface area contributed by atoms with E-state index in [-0.39, 0.29) is 34.6 Å². The van der Waals surface area contributed by atoms with Crippen LogP contribution in [0, 0.1) is 5.82 Å². The number of halogens is 1. The summed E-state index contributed by atoms with van der Waals surface area (Å²) in [6.07, 6.45) is -0.635. The van der Waals surface area contributed by atoms with E-state index in [0.717, 1.165) is 22.2 Å². The van der Waals surface area contributed by atoms with Crippen molar-refractivity contribution in [3.8, 4) is 5.75 Å². The predicted molar refractivity (Wildman–Crippen MR) is 121 cm³/mol. The van der Waals surface area contributed by atoms with Crippen LogP contribution in [0.3, 0.4) is 0 Å². The molecule has 0 bridgehead atoms. The minimum Gasteiger partial charge on any atom is -0.478 e. The molecule has 2 aromatic heterocycles. The predicted octanol–water partition coefficient (Wildman–Crippen LogP) is 5.41. The summed E-state index contributed by atoms with van der Waals surface area (Å²) in [6, 6.07) is 19.6. The Morgan fingerprint density at radius 3 is 2.66 bits per heavy atom. The Morgan fingerprint density at radius 1 is 1.12 bits per heavy atom. The summed E-state index contributed by atoms with van der Waals surface area (Å²) < 4.78 is 24.9. The van der Waals surface area contributed by atoms with Crippen molar-refractivity contribution in [1.82, 2.24) is 15.5 Å². The third-order valence-corrected chi connectivity index (χ3v) is 6.26. The van der Waals surface area contributed by atoms with Crippen LogP contribution in [0.4, 0.5) is 4.39 Å². The number of aromatic nitrogens is 2. The highest BCUT2D eigenvalue weighted by molar-refractivity contribution is 7.99. The van der Waals surface area contributed by atoms with Gasteiger partial charge in [-0.3, -0.25) is 4.79 Å². The topological polar surface area (TPSA) is 77.2 Å². The van der Waals surface area contributed by atoms with Crippen LogP contribution in [-0.2, 0) is 4.79 Å². The van der Waals surface area contributed by atoms with Gasteiger partial charge in [-0.15, -0.1) is 21.5 Å². The van der Waals surface area contributed by atoms with Crippen molar-refractivity contribution in [3.05, 3.63) is 94.3 Å². The first-order valence-electron chi connectivity index (χ1n) is 9.85. The number of ether oxygens (including phenoxy) is 1. The number of nitrogens with one attached hydrogen (secondary N) is 1. The molecule has 4 rings (SSSR count). The molecule has 0 saturated heterocycles. The van der Waals surface area contributed by atoms with Crippen molar-refractivity contribution in [2.45, 2.75) is 24.3 Å². The van der Waals surface area contributed by atoms with Gasteiger partial charge in [-0.2, -0.15) is 0 Å². The molecule has 2 aromatic carbocycles. The lowest BCUT2D eigenvalue weighted by Gasteiger charge is -2.17. The van der Waals surface area contributed by atoms with E-state index in [1.54, 1.807) is 30.4 Å². The number of para-hydroxylation sites is 1. The Morgan fingerprint density at radius 2 is 1.91 bits per heavy atom. The third-order valence-electron chi connectivity index (χ3n) is 4.50. The Balaban J connectivity index is 1.35. The second-order valence-corrected chi connectivity index (χ2v) is 8.72. The molecule has 1 amide bonds. The lowest BCUT2D eigenvalue weighted by molar-refractivity contribution is -0.119. The lowest BCUT2D eigenvalue weighted by Crippen LogP contribution is -2.30. The van der Waals surface area contributed by atoms with Crippen molar-refractivity contribution in [3.63, 3.8) is 0 Å². The summed E-state index contributed by atoms with van der Waals surface area (Å²) in [5, 5.41) is 13.2. The molecule has 0 aliphatic carbocycles. The Labute approximate surface area is 192 Å². The van der Waals surface area contributed by atoms with Crippen LogP contribution in [0.25, 0.3) is 0 Å². The van der Waals surface area contributed by atoms with Gasteiger partial charge in [0.1, 0.15) is 0 Å². The molecule has 0 radical (unpaired) electrons. The second kappa shape index (κ2) is 10.4. The highest BCUT2D eigenvalue weighted by atomic mass is 32.2. The molecule has 4 aromatic rings. The summed E-state index contributed by atoms with van der Waals surface area (Å²) in [5.74, 6) is -0.209. The highest BCUT2D eigenvalue weighted by Gasteiger charge is 2.20. The van der Waals surface area contributed by atoms with Crippen molar-refractivity contribution >= 4 is 29.0 Å². The zero-order valence-electron chi connectivity index (χ0n) is 17.1. The van der Waals surface area contributed by atoms with Crippen LogP contribution in [0.5, 0.6) is 5.75 Å². The van der Waals surface area contributed by atoms with Gasteiger partial charge in [-0.05, 0) is 36.1 Å². The number of carbonyl (C=O) groups is 1. The number of hydrogen-bond acceptors (Lipinski definition) is 7. The van der Waals surface area contributed by atoms with Crippen molar-refractivity contribution < 1.29 is 18.3 Å². The smallest absolute Gasteiger partial charge is 0.277 e. The summed E-state index contributed by atoms with van der Waals surface area (Å²) in [5.41, 5.74) is 1.01. The first kappa shape index (κ1) is 22.0. The Hall–Kier alpha value is -3.17. The van der Waals surface area contributed by atoms with Gasteiger partial charge in [0, 0.05) is 4.88 Å². The van der Waals surface area contributed by atoms with Crippen LogP contribution in [0.2, 0.25) is 0 Å². The molecule has 0 spiro atoms. The van der Waals surface area contributed by atoms with Gasteiger partial charge in [-0.25, -0.2) is 4.39 Å². The molecule has 9 heteroatoms. The number of rotatable bonds is 9. The fraction of sp³-hybridized carbons (Fsp3) is 0.174. The number of hydrogen-bond donors (Lipinski definition) is 1. The fourth-order valence-corrected chi connectivity index (χ4v) is 4.36. The molecule has 32 heavy (non-hydrogen) atoms. The highest BCUT2D eigenvalue weighted by Crippen LogP contribution is 2.28. The molecule has 1 N–H and O–H groups in total. The van der Waals surface area contributed by atoms with Gasteiger partial charge < -0.3 is 14.5 Å². The van der Waals surface area contributed by atoms with Crippen LogP contribution >= 0.6 is 23.1 Å². The second-order valence-electron chi connectivity index (χ2n) is 6.81. The van der Waals surface area contributed by atoms with Crippen LogP contribution in [-0.4, -0.2) is 21.9 Å². The Kier molecular flexibility index (Phi) is 7.18. The summed E-state index contributed by atoms with van der Waals surface area (Å²) in [6.45, 7) is 1.69. The molecular formula is C23H20FN3O3S2. The summed E-state index contributed by atoms with van der Waals surface area (Å²) >= 11 is 2.72. The molecule has 164 valence electrons. The van der Waals surface area contributed by atoms with Gasteiger partial charge in [0.15, 0.2) is 17.7 Å². The van der Waals surface area contributed by atoms with Crippen molar-refractivity contribution in [2.24, 2.45) is 0 Å². The number of nitrogens with zero attached hydrogens (tertiary/aromatic N) is 2. The normalized spacial score (nSPS) is 12.8. The largest absolute Gasteiger partial charge is 0.478 e. The fourth-order valence-electron chi connectivity index (χ4n) is 2.97. The quantitative estimate of drug-likeness (QED) is 0.330. The first-order chi connectivity index (χ1) is 15.6. The molecule has 0 saturated carbocycles. The number of amides is 1. The van der Waals surface area contributed by atoms with Crippen LogP contribution in [0.1, 0.15) is 35.4 Å². The first-order valence-corrected chi connectivity index (χ1v) is 11.7.